The lowest BCUT2D eigenvalue weighted by Gasteiger charge is -2.20. The smallest absolute Gasteiger partial charge is 0.335 e. The zero-order valence-corrected chi connectivity index (χ0v) is 28.9. The first-order valence-corrected chi connectivity index (χ1v) is 18.4. The van der Waals surface area contributed by atoms with Crippen LogP contribution in [0.5, 0.6) is 23.0 Å². The van der Waals surface area contributed by atoms with Crippen molar-refractivity contribution in [1.82, 2.24) is 0 Å². The van der Waals surface area contributed by atoms with Gasteiger partial charge in [0.05, 0.1) is 15.4 Å². The van der Waals surface area contributed by atoms with E-state index in [0.29, 0.717) is 22.3 Å². The van der Waals surface area contributed by atoms with Gasteiger partial charge in [-0.25, -0.2) is 21.6 Å². The van der Waals surface area contributed by atoms with Crippen molar-refractivity contribution < 1.29 is 51.7 Å². The molecule has 0 spiro atoms. The molecule has 1 aliphatic carbocycles. The molecule has 0 saturated carbocycles. The van der Waals surface area contributed by atoms with Crippen LogP contribution in [-0.2, 0) is 45.8 Å². The van der Waals surface area contributed by atoms with Gasteiger partial charge >= 0.3 is 5.97 Å². The minimum Gasteiger partial charge on any atom is -0.744 e. The lowest BCUT2D eigenvalue weighted by Crippen LogP contribution is -2.14. The summed E-state index contributed by atoms with van der Waals surface area (Å²) < 4.78 is 65.9. The van der Waals surface area contributed by atoms with Crippen molar-refractivity contribution in [2.75, 3.05) is 4.72 Å². The molecule has 0 radical (unpaired) electrons. The van der Waals surface area contributed by atoms with E-state index in [1.165, 1.54) is 12.1 Å². The molecule has 0 unspecified atom stereocenters. The summed E-state index contributed by atoms with van der Waals surface area (Å²) in [6.07, 6.45) is -0.601. The molecule has 14 heteroatoms. The second kappa shape index (κ2) is 13.0. The van der Waals surface area contributed by atoms with Crippen LogP contribution in [0.2, 0.25) is 0 Å². The lowest BCUT2D eigenvalue weighted by atomic mass is 9.90. The van der Waals surface area contributed by atoms with Crippen molar-refractivity contribution in [2.45, 2.75) is 49.3 Å². The fraction of sp³-hybridized carbons (Fsp3) is 0.162. The Kier molecular flexibility index (Phi) is 8.96. The predicted molar refractivity (Wildman–Crippen MR) is 185 cm³/mol. The third-order valence-corrected chi connectivity index (χ3v) is 11.0. The summed E-state index contributed by atoms with van der Waals surface area (Å²) in [5.41, 5.74) is 2.99. The molecule has 0 amide bonds. The number of aromatic carboxylic acids is 1. The number of anilines is 1. The Morgan fingerprint density at radius 1 is 0.569 bits per heavy atom. The SMILES string of the molecule is Cc1cc2c(O)c(c1)Cc1cc(S(=O)(=O)[O-])cc(c1O)Cc1cc(C)cc(c1O)Cc1cc(NS(=O)(=O)c3ccc(C(=O)O)cc3)cc(c1O)C2. The molecule has 0 aliphatic heterocycles. The summed E-state index contributed by atoms with van der Waals surface area (Å²) in [7, 11) is -9.22. The molecule has 51 heavy (non-hydrogen) atoms. The van der Waals surface area contributed by atoms with Gasteiger partial charge in [-0.2, -0.15) is 0 Å². The number of aryl methyl sites for hydroxylation is 2. The van der Waals surface area contributed by atoms with E-state index in [4.69, 9.17) is 0 Å². The van der Waals surface area contributed by atoms with Crippen LogP contribution in [-0.4, -0.2) is 52.9 Å². The van der Waals surface area contributed by atoms with Gasteiger partial charge in [0.2, 0.25) is 0 Å². The standard InChI is InChI=1S/C37H33NO11S2/c1-19-7-22-11-26-15-30(38-50(45,46)31-5-3-21(4-6-31)37(43)44)16-27(35(26)41)12-23-8-20(2)10-25(34(23)40)14-29-18-32(51(47,48)49)17-28(36(29)42)13-24(9-19)33(22)39/h3-10,15-18,38-42H,11-14H2,1-2H3,(H,43,44)(H,47,48,49)/p-1. The second-order valence-corrected chi connectivity index (χ2v) is 15.8. The number of sulfonamides is 1. The van der Waals surface area contributed by atoms with Gasteiger partial charge in [-0.05, 0) is 95.8 Å². The van der Waals surface area contributed by atoms with Crippen LogP contribution in [0.3, 0.4) is 0 Å². The molecule has 8 bridgehead atoms. The van der Waals surface area contributed by atoms with Gasteiger partial charge in [0.1, 0.15) is 33.1 Å². The van der Waals surface area contributed by atoms with Crippen molar-refractivity contribution in [3.63, 3.8) is 0 Å². The molecule has 0 fully saturated rings. The summed E-state index contributed by atoms with van der Waals surface area (Å²) in [5.74, 6) is -2.20. The largest absolute Gasteiger partial charge is 0.744 e. The maximum Gasteiger partial charge on any atom is 0.335 e. The van der Waals surface area contributed by atoms with Gasteiger partial charge in [0, 0.05) is 42.5 Å². The second-order valence-electron chi connectivity index (χ2n) is 12.7. The van der Waals surface area contributed by atoms with Gasteiger partial charge in [-0.3, -0.25) is 4.72 Å². The molecule has 6 N–H and O–H groups in total. The highest BCUT2D eigenvalue weighted by Crippen LogP contribution is 2.40. The van der Waals surface area contributed by atoms with Crippen molar-refractivity contribution >= 4 is 31.8 Å². The normalized spacial score (nSPS) is 13.1. The average Bonchev–Trinajstić information content (AvgIpc) is 3.04. The van der Waals surface area contributed by atoms with Crippen LogP contribution < -0.4 is 4.72 Å². The van der Waals surface area contributed by atoms with E-state index in [2.05, 4.69) is 4.72 Å². The van der Waals surface area contributed by atoms with E-state index in [1.54, 1.807) is 38.1 Å². The van der Waals surface area contributed by atoms with E-state index < -0.39 is 31.0 Å². The molecule has 0 saturated heterocycles. The fourth-order valence-electron chi connectivity index (χ4n) is 6.45. The molecule has 1 aliphatic rings. The molecule has 264 valence electrons. The van der Waals surface area contributed by atoms with Crippen molar-refractivity contribution in [3.05, 3.63) is 134 Å². The van der Waals surface area contributed by atoms with Gasteiger partial charge < -0.3 is 30.1 Å². The van der Waals surface area contributed by atoms with Crippen LogP contribution in [0.4, 0.5) is 5.69 Å². The zero-order chi connectivity index (χ0) is 37.0. The highest BCUT2D eigenvalue weighted by molar-refractivity contribution is 7.92. The van der Waals surface area contributed by atoms with E-state index >= 15 is 0 Å². The molecule has 0 heterocycles. The monoisotopic (exact) mass is 730 g/mol. The van der Waals surface area contributed by atoms with Crippen LogP contribution in [0, 0.1) is 13.8 Å². The molecule has 6 rings (SSSR count). The van der Waals surface area contributed by atoms with E-state index in [9.17, 15) is 51.7 Å². The quantitative estimate of drug-likeness (QED) is 0.0999. The van der Waals surface area contributed by atoms with E-state index in [1.807, 2.05) is 0 Å². The summed E-state index contributed by atoms with van der Waals surface area (Å²) in [5, 5.41) is 55.1. The highest BCUT2D eigenvalue weighted by atomic mass is 32.2. The number of hydrogen-bond donors (Lipinski definition) is 6. The maximum atomic E-state index is 13.4. The molecule has 0 aromatic heterocycles. The molecule has 5 aromatic rings. The predicted octanol–water partition coefficient (Wildman–Crippen LogP) is 5.21. The Labute approximate surface area is 293 Å². The van der Waals surface area contributed by atoms with Gasteiger partial charge in [0.15, 0.2) is 0 Å². The van der Waals surface area contributed by atoms with Crippen molar-refractivity contribution in [3.8, 4) is 23.0 Å². The first-order chi connectivity index (χ1) is 23.9. The third kappa shape index (κ3) is 7.20. The maximum absolute atomic E-state index is 13.4. The molecular weight excluding hydrogens is 699 g/mol. The number of phenols is 4. The Hall–Kier alpha value is -5.57. The van der Waals surface area contributed by atoms with Crippen LogP contribution >= 0.6 is 0 Å². The fourth-order valence-corrected chi connectivity index (χ4v) is 8.06. The summed E-state index contributed by atoms with van der Waals surface area (Å²) in [6, 6.07) is 16.1. The van der Waals surface area contributed by atoms with Gasteiger partial charge in [-0.15, -0.1) is 0 Å². The lowest BCUT2D eigenvalue weighted by molar-refractivity contribution is 0.0696. The van der Waals surface area contributed by atoms with Crippen LogP contribution in [0.1, 0.15) is 66.0 Å². The number of carbonyl (C=O) groups is 1. The number of carboxylic acid groups (broad SMARTS) is 1. The van der Waals surface area contributed by atoms with Gasteiger partial charge in [0.25, 0.3) is 10.0 Å². The summed E-state index contributed by atoms with van der Waals surface area (Å²) >= 11 is 0. The number of carboxylic acids is 1. The number of aromatic hydroxyl groups is 4. The molecule has 0 atom stereocenters. The van der Waals surface area contributed by atoms with E-state index in [0.717, 1.165) is 36.4 Å². The first kappa shape index (κ1) is 35.3. The number of fused-ring (bicyclic) bond motifs is 8. The number of benzene rings is 5. The topological polar surface area (TPSA) is 222 Å². The minimum absolute atomic E-state index is 0.0474. The highest BCUT2D eigenvalue weighted by Gasteiger charge is 2.23. The van der Waals surface area contributed by atoms with Crippen molar-refractivity contribution in [1.29, 1.82) is 0 Å². The first-order valence-electron chi connectivity index (χ1n) is 15.5. The summed E-state index contributed by atoms with van der Waals surface area (Å²) in [6.45, 7) is 3.50. The minimum atomic E-state index is -4.97. The Morgan fingerprint density at radius 2 is 0.902 bits per heavy atom. The number of rotatable bonds is 5. The van der Waals surface area contributed by atoms with Gasteiger partial charge in [-0.1, -0.05) is 35.4 Å². The Morgan fingerprint density at radius 3 is 1.24 bits per heavy atom. The Balaban J connectivity index is 1.55. The van der Waals surface area contributed by atoms with Crippen molar-refractivity contribution in [2.24, 2.45) is 0 Å². The Bertz CT molecular complexity index is 2370. The number of hydrogen-bond acceptors (Lipinski definition) is 10. The van der Waals surface area contributed by atoms with Crippen LogP contribution in [0.25, 0.3) is 0 Å². The molecular formula is C37H32NO11S2-. The third-order valence-electron chi connectivity index (χ3n) is 8.81. The average molecular weight is 731 g/mol. The molecule has 12 nitrogen and oxygen atoms in total. The zero-order valence-electron chi connectivity index (χ0n) is 27.3. The molecule has 5 aromatic carbocycles. The number of nitrogens with one attached hydrogen (secondary N) is 1. The number of phenolic OH excluding ortho intramolecular Hbond substituents is 4. The van der Waals surface area contributed by atoms with E-state index in [-0.39, 0.29) is 98.2 Å². The van der Waals surface area contributed by atoms with Crippen LogP contribution in [0.15, 0.2) is 82.6 Å². The summed E-state index contributed by atoms with van der Waals surface area (Å²) in [4.78, 5) is 10.5.